The molecule has 16 heavy (non-hydrogen) atoms. The third-order valence-electron chi connectivity index (χ3n) is 3.25. The van der Waals surface area contributed by atoms with E-state index in [1.54, 1.807) is 0 Å². The summed E-state index contributed by atoms with van der Waals surface area (Å²) >= 11 is 0. The molecule has 1 aliphatic rings. The third kappa shape index (κ3) is 2.97. The molecule has 0 radical (unpaired) electrons. The maximum Gasteiger partial charge on any atom is 0.133 e. The number of rotatable bonds is 5. The van der Waals surface area contributed by atoms with Crippen LogP contribution in [0.1, 0.15) is 31.2 Å². The molecule has 1 aliphatic carbocycles. The Bertz CT molecular complexity index is 338. The molecule has 1 aromatic rings. The number of hydrogen-bond acceptors (Lipinski definition) is 4. The van der Waals surface area contributed by atoms with E-state index in [1.807, 2.05) is 13.0 Å². The molecule has 0 bridgehead atoms. The molecule has 1 saturated carbocycles. The summed E-state index contributed by atoms with van der Waals surface area (Å²) < 4.78 is 5.02. The first-order valence-electron chi connectivity index (χ1n) is 5.51. The van der Waals surface area contributed by atoms with Crippen LogP contribution in [0.4, 0.5) is 0 Å². The molecular weight excluding hydrogens is 226 g/mol. The smallest absolute Gasteiger partial charge is 0.133 e. The maximum atomic E-state index is 5.81. The van der Waals surface area contributed by atoms with Gasteiger partial charge in [-0.2, -0.15) is 0 Å². The lowest BCUT2D eigenvalue weighted by Crippen LogP contribution is -2.50. The zero-order valence-electron chi connectivity index (χ0n) is 9.82. The van der Waals surface area contributed by atoms with Gasteiger partial charge in [-0.25, -0.2) is 0 Å². The highest BCUT2D eigenvalue weighted by atomic mass is 35.5. The van der Waals surface area contributed by atoms with Gasteiger partial charge in [0.2, 0.25) is 0 Å². The van der Waals surface area contributed by atoms with Gasteiger partial charge in [0.25, 0.3) is 0 Å². The lowest BCUT2D eigenvalue weighted by atomic mass is 9.96. The number of aryl methyl sites for hydroxylation is 1. The second kappa shape index (κ2) is 5.17. The summed E-state index contributed by atoms with van der Waals surface area (Å²) in [5.74, 6) is 1.59. The zero-order valence-corrected chi connectivity index (χ0v) is 10.6. The van der Waals surface area contributed by atoms with E-state index in [9.17, 15) is 0 Å². The minimum Gasteiger partial charge on any atom is -0.361 e. The van der Waals surface area contributed by atoms with Crippen molar-refractivity contribution in [2.24, 2.45) is 11.7 Å². The first-order valence-corrected chi connectivity index (χ1v) is 5.51. The average molecular weight is 246 g/mol. The van der Waals surface area contributed by atoms with Crippen LogP contribution >= 0.6 is 12.4 Å². The number of hydrogen-bond donors (Lipinski definition) is 2. The Morgan fingerprint density at radius 1 is 1.62 bits per heavy atom. The summed E-state index contributed by atoms with van der Waals surface area (Å²) in [4.78, 5) is 0. The largest absolute Gasteiger partial charge is 0.361 e. The molecule has 0 amide bonds. The van der Waals surface area contributed by atoms with Gasteiger partial charge < -0.3 is 15.6 Å². The number of aromatic nitrogens is 1. The lowest BCUT2D eigenvalue weighted by Gasteiger charge is -2.29. The van der Waals surface area contributed by atoms with Gasteiger partial charge in [0.1, 0.15) is 5.76 Å². The SMILES string of the molecule is Cc1cc(CNC(C)(CN)C2CC2)no1.Cl. The molecule has 0 saturated heterocycles. The van der Waals surface area contributed by atoms with Crippen LogP contribution in [0.3, 0.4) is 0 Å². The van der Waals surface area contributed by atoms with E-state index >= 15 is 0 Å². The van der Waals surface area contributed by atoms with Crippen LogP contribution in [0.5, 0.6) is 0 Å². The summed E-state index contributed by atoms with van der Waals surface area (Å²) in [5, 5.41) is 7.44. The summed E-state index contributed by atoms with van der Waals surface area (Å²) in [7, 11) is 0. The molecule has 3 N–H and O–H groups in total. The van der Waals surface area contributed by atoms with Crippen molar-refractivity contribution in [1.29, 1.82) is 0 Å². The number of halogens is 1. The number of nitrogens with two attached hydrogens (primary N) is 1. The minimum absolute atomic E-state index is 0. The van der Waals surface area contributed by atoms with E-state index in [-0.39, 0.29) is 17.9 Å². The summed E-state index contributed by atoms with van der Waals surface area (Å²) in [6.07, 6.45) is 2.58. The summed E-state index contributed by atoms with van der Waals surface area (Å²) in [6.45, 7) is 5.51. The Hall–Kier alpha value is -0.580. The predicted molar refractivity (Wildman–Crippen MR) is 65.5 cm³/mol. The monoisotopic (exact) mass is 245 g/mol. The molecule has 1 atom stereocenters. The Labute approximate surface area is 102 Å². The average Bonchev–Trinajstić information content (AvgIpc) is 3.00. The van der Waals surface area contributed by atoms with Gasteiger partial charge in [-0.05, 0) is 32.6 Å². The fourth-order valence-corrected chi connectivity index (χ4v) is 1.90. The molecule has 5 heteroatoms. The Morgan fingerprint density at radius 3 is 2.75 bits per heavy atom. The van der Waals surface area contributed by atoms with E-state index in [2.05, 4.69) is 17.4 Å². The highest BCUT2D eigenvalue weighted by Gasteiger charge is 2.40. The van der Waals surface area contributed by atoms with Crippen molar-refractivity contribution in [3.63, 3.8) is 0 Å². The molecule has 1 heterocycles. The molecule has 4 nitrogen and oxygen atoms in total. The molecule has 92 valence electrons. The van der Waals surface area contributed by atoms with E-state index in [0.717, 1.165) is 23.9 Å². The highest BCUT2D eigenvalue weighted by Crippen LogP contribution is 2.39. The van der Waals surface area contributed by atoms with E-state index in [0.29, 0.717) is 6.54 Å². The van der Waals surface area contributed by atoms with Crippen molar-refractivity contribution >= 4 is 12.4 Å². The van der Waals surface area contributed by atoms with Gasteiger partial charge in [-0.15, -0.1) is 12.4 Å². The van der Waals surface area contributed by atoms with Crippen molar-refractivity contribution < 1.29 is 4.52 Å². The second-order valence-electron chi connectivity index (χ2n) is 4.68. The van der Waals surface area contributed by atoms with Gasteiger partial charge in [-0.3, -0.25) is 0 Å². The molecule has 1 fully saturated rings. The molecule has 2 rings (SSSR count). The molecule has 0 aliphatic heterocycles. The van der Waals surface area contributed by atoms with E-state index < -0.39 is 0 Å². The van der Waals surface area contributed by atoms with Crippen molar-refractivity contribution in [3.8, 4) is 0 Å². The van der Waals surface area contributed by atoms with Crippen molar-refractivity contribution in [3.05, 3.63) is 17.5 Å². The van der Waals surface area contributed by atoms with Crippen LogP contribution in [-0.4, -0.2) is 17.2 Å². The van der Waals surface area contributed by atoms with Gasteiger partial charge in [-0.1, -0.05) is 5.16 Å². The first-order chi connectivity index (χ1) is 7.14. The van der Waals surface area contributed by atoms with E-state index in [4.69, 9.17) is 10.3 Å². The summed E-state index contributed by atoms with van der Waals surface area (Å²) in [5.41, 5.74) is 6.83. The summed E-state index contributed by atoms with van der Waals surface area (Å²) in [6, 6.07) is 1.96. The van der Waals surface area contributed by atoms with Gasteiger partial charge >= 0.3 is 0 Å². The van der Waals surface area contributed by atoms with Crippen molar-refractivity contribution in [2.45, 2.75) is 38.8 Å². The van der Waals surface area contributed by atoms with Gasteiger partial charge in [0.15, 0.2) is 0 Å². The Morgan fingerprint density at radius 2 is 2.31 bits per heavy atom. The van der Waals surface area contributed by atoms with Gasteiger partial charge in [0.05, 0.1) is 5.69 Å². The number of nitrogens with one attached hydrogen (secondary N) is 1. The Kier molecular flexibility index (Phi) is 4.35. The van der Waals surface area contributed by atoms with Crippen LogP contribution in [0.15, 0.2) is 10.6 Å². The van der Waals surface area contributed by atoms with E-state index in [1.165, 1.54) is 12.8 Å². The second-order valence-corrected chi connectivity index (χ2v) is 4.68. The van der Waals surface area contributed by atoms with Crippen LogP contribution in [0, 0.1) is 12.8 Å². The molecule has 0 spiro atoms. The maximum absolute atomic E-state index is 5.81. The van der Waals surface area contributed by atoms with Crippen LogP contribution in [0.25, 0.3) is 0 Å². The third-order valence-corrected chi connectivity index (χ3v) is 3.25. The first kappa shape index (κ1) is 13.5. The predicted octanol–water partition coefficient (Wildman–Crippen LogP) is 1.62. The number of nitrogens with zero attached hydrogens (tertiary/aromatic N) is 1. The molecule has 1 unspecified atom stereocenters. The van der Waals surface area contributed by atoms with Crippen LogP contribution in [-0.2, 0) is 6.54 Å². The van der Waals surface area contributed by atoms with Crippen molar-refractivity contribution in [2.75, 3.05) is 6.54 Å². The van der Waals surface area contributed by atoms with Crippen LogP contribution < -0.4 is 11.1 Å². The van der Waals surface area contributed by atoms with Crippen molar-refractivity contribution in [1.82, 2.24) is 10.5 Å². The normalized spacial score (nSPS) is 18.9. The minimum atomic E-state index is 0. The highest BCUT2D eigenvalue weighted by molar-refractivity contribution is 5.85. The fourth-order valence-electron chi connectivity index (χ4n) is 1.90. The van der Waals surface area contributed by atoms with Crippen LogP contribution in [0.2, 0.25) is 0 Å². The molecule has 0 aromatic carbocycles. The molecule has 1 aromatic heterocycles. The molecular formula is C11H20ClN3O. The zero-order chi connectivity index (χ0) is 10.9. The fraction of sp³-hybridized carbons (Fsp3) is 0.727. The topological polar surface area (TPSA) is 64.1 Å². The standard InChI is InChI=1S/C11H19N3O.ClH/c1-8-5-10(14-15-8)6-13-11(2,7-12)9-3-4-9;/h5,9,13H,3-4,6-7,12H2,1-2H3;1H. The lowest BCUT2D eigenvalue weighted by molar-refractivity contribution is 0.309. The quantitative estimate of drug-likeness (QED) is 0.828. The Balaban J connectivity index is 0.00000128. The van der Waals surface area contributed by atoms with Gasteiger partial charge in [0, 0.05) is 24.7 Å².